The van der Waals surface area contributed by atoms with Gasteiger partial charge in [0, 0.05) is 42.2 Å². The zero-order valence-electron chi connectivity index (χ0n) is 17.9. The first-order valence-electron chi connectivity index (χ1n) is 10.9. The summed E-state index contributed by atoms with van der Waals surface area (Å²) >= 11 is 0. The SMILES string of the molecule is Cn1c2c(c3ccccc31)C(=O)N(CC1CCC1)C(=O)C2(C)CC(=O)c1ccccc1. The number of carbonyl (C=O) groups excluding carboxylic acids is 3. The van der Waals surface area contributed by atoms with E-state index in [4.69, 9.17) is 0 Å². The molecule has 1 aliphatic carbocycles. The highest BCUT2D eigenvalue weighted by molar-refractivity contribution is 6.20. The van der Waals surface area contributed by atoms with E-state index in [-0.39, 0.29) is 24.0 Å². The molecular weight excluding hydrogens is 388 g/mol. The molecule has 0 spiro atoms. The van der Waals surface area contributed by atoms with Gasteiger partial charge >= 0.3 is 0 Å². The molecule has 1 aromatic heterocycles. The van der Waals surface area contributed by atoms with Gasteiger partial charge in [-0.05, 0) is 31.7 Å². The van der Waals surface area contributed by atoms with Crippen molar-refractivity contribution < 1.29 is 14.4 Å². The van der Waals surface area contributed by atoms with Gasteiger partial charge in [-0.25, -0.2) is 0 Å². The van der Waals surface area contributed by atoms with Gasteiger partial charge in [-0.1, -0.05) is 55.0 Å². The third-order valence-corrected chi connectivity index (χ3v) is 7.08. The van der Waals surface area contributed by atoms with Crippen molar-refractivity contribution in [2.75, 3.05) is 6.54 Å². The molecule has 31 heavy (non-hydrogen) atoms. The predicted molar refractivity (Wildman–Crippen MR) is 119 cm³/mol. The Labute approximate surface area is 181 Å². The Bertz CT molecular complexity index is 1210. The van der Waals surface area contributed by atoms with E-state index < -0.39 is 5.41 Å². The lowest BCUT2D eigenvalue weighted by molar-refractivity contribution is -0.136. The smallest absolute Gasteiger partial charge is 0.262 e. The number of imide groups is 1. The van der Waals surface area contributed by atoms with E-state index in [1.165, 1.54) is 4.90 Å². The highest BCUT2D eigenvalue weighted by Crippen LogP contribution is 2.43. The Morgan fingerprint density at radius 3 is 2.39 bits per heavy atom. The van der Waals surface area contributed by atoms with Gasteiger partial charge in [0.1, 0.15) is 0 Å². The number of hydrogen-bond donors (Lipinski definition) is 0. The molecule has 5 nitrogen and oxygen atoms in total. The van der Waals surface area contributed by atoms with E-state index in [0.717, 1.165) is 30.2 Å². The molecule has 2 amide bonds. The van der Waals surface area contributed by atoms with Crippen molar-refractivity contribution in [3.8, 4) is 0 Å². The first-order valence-corrected chi connectivity index (χ1v) is 10.9. The second-order valence-corrected chi connectivity index (χ2v) is 9.12. The van der Waals surface area contributed by atoms with Gasteiger partial charge in [0.2, 0.25) is 5.91 Å². The minimum Gasteiger partial charge on any atom is -0.346 e. The van der Waals surface area contributed by atoms with E-state index in [1.54, 1.807) is 12.1 Å². The molecular formula is C26H26N2O3. The van der Waals surface area contributed by atoms with Crippen LogP contribution < -0.4 is 0 Å². The molecule has 1 unspecified atom stereocenters. The third kappa shape index (κ3) is 2.94. The second kappa shape index (κ2) is 7.19. The molecule has 0 N–H and O–H groups in total. The predicted octanol–water partition coefficient (Wildman–Crippen LogP) is 4.49. The van der Waals surface area contributed by atoms with Crippen LogP contribution in [0.25, 0.3) is 10.9 Å². The summed E-state index contributed by atoms with van der Waals surface area (Å²) in [6, 6.07) is 16.8. The molecule has 1 atom stereocenters. The van der Waals surface area contributed by atoms with Gasteiger partial charge < -0.3 is 4.57 Å². The first kappa shape index (κ1) is 19.7. The minimum absolute atomic E-state index is 0.0292. The van der Waals surface area contributed by atoms with E-state index >= 15 is 0 Å². The number of carbonyl (C=O) groups is 3. The lowest BCUT2D eigenvalue weighted by atomic mass is 9.74. The number of para-hydroxylation sites is 1. The molecule has 1 fully saturated rings. The zero-order chi connectivity index (χ0) is 21.8. The number of hydrogen-bond acceptors (Lipinski definition) is 3. The first-order chi connectivity index (χ1) is 14.9. The standard InChI is InChI=1S/C26H26N2O3/c1-26(15-21(29)18-11-4-3-5-12-18)23-22(19-13-6-7-14-20(19)27(23)2)24(30)28(25(26)31)16-17-9-8-10-17/h3-7,11-14,17H,8-10,15-16H2,1-2H3. The van der Waals surface area contributed by atoms with E-state index in [1.807, 2.05) is 61.0 Å². The van der Waals surface area contributed by atoms with Crippen molar-refractivity contribution in [3.05, 3.63) is 71.4 Å². The topological polar surface area (TPSA) is 59.4 Å². The van der Waals surface area contributed by atoms with E-state index in [0.29, 0.717) is 29.3 Å². The summed E-state index contributed by atoms with van der Waals surface area (Å²) in [5.41, 5.74) is 1.60. The van der Waals surface area contributed by atoms with Crippen molar-refractivity contribution in [1.29, 1.82) is 0 Å². The number of nitrogens with zero attached hydrogens (tertiary/aromatic N) is 2. The van der Waals surface area contributed by atoms with E-state index in [9.17, 15) is 14.4 Å². The van der Waals surface area contributed by atoms with Crippen LogP contribution in [0, 0.1) is 5.92 Å². The molecule has 5 heteroatoms. The lowest BCUT2D eigenvalue weighted by Crippen LogP contribution is -2.55. The fourth-order valence-electron chi connectivity index (χ4n) is 5.19. The molecule has 2 heterocycles. The lowest BCUT2D eigenvalue weighted by Gasteiger charge is -2.41. The fraction of sp³-hybridized carbons (Fsp3) is 0.346. The third-order valence-electron chi connectivity index (χ3n) is 7.08. The van der Waals surface area contributed by atoms with Crippen molar-refractivity contribution in [2.45, 2.75) is 38.0 Å². The molecule has 3 aromatic rings. The molecule has 0 radical (unpaired) electrons. The summed E-state index contributed by atoms with van der Waals surface area (Å²) in [7, 11) is 1.88. The molecule has 0 bridgehead atoms. The molecule has 5 rings (SSSR count). The number of aryl methyl sites for hydroxylation is 1. The summed E-state index contributed by atoms with van der Waals surface area (Å²) in [5.74, 6) is -0.218. The normalized spacial score (nSPS) is 21.3. The number of rotatable bonds is 5. The van der Waals surface area contributed by atoms with Crippen LogP contribution in [0.15, 0.2) is 54.6 Å². The maximum absolute atomic E-state index is 13.8. The Morgan fingerprint density at radius 1 is 1.03 bits per heavy atom. The summed E-state index contributed by atoms with van der Waals surface area (Å²) < 4.78 is 1.93. The molecule has 158 valence electrons. The largest absolute Gasteiger partial charge is 0.346 e. The van der Waals surface area contributed by atoms with Crippen LogP contribution in [0.4, 0.5) is 0 Å². The Morgan fingerprint density at radius 2 is 1.71 bits per heavy atom. The highest BCUT2D eigenvalue weighted by Gasteiger charge is 2.52. The van der Waals surface area contributed by atoms with Gasteiger partial charge in [-0.15, -0.1) is 0 Å². The average molecular weight is 415 g/mol. The number of amides is 2. The second-order valence-electron chi connectivity index (χ2n) is 9.12. The van der Waals surface area contributed by atoms with Crippen LogP contribution >= 0.6 is 0 Å². The van der Waals surface area contributed by atoms with Gasteiger partial charge in [-0.2, -0.15) is 0 Å². The number of fused-ring (bicyclic) bond motifs is 3. The average Bonchev–Trinajstić information content (AvgIpc) is 3.05. The summed E-state index contributed by atoms with van der Waals surface area (Å²) in [4.78, 5) is 42.1. The molecule has 0 saturated heterocycles. The minimum atomic E-state index is -1.10. The van der Waals surface area contributed by atoms with Gasteiger partial charge in [0.05, 0.1) is 11.0 Å². The number of Topliss-reactive ketones (excluding diaryl/α,β-unsaturated/α-hetero) is 1. The molecule has 2 aromatic carbocycles. The molecule has 2 aliphatic rings. The summed E-state index contributed by atoms with van der Waals surface area (Å²) in [5, 5.41) is 0.842. The fourth-order valence-corrected chi connectivity index (χ4v) is 5.19. The van der Waals surface area contributed by atoms with Crippen LogP contribution in [0.3, 0.4) is 0 Å². The summed E-state index contributed by atoms with van der Waals surface area (Å²) in [6.07, 6.45) is 3.25. The van der Waals surface area contributed by atoms with Crippen molar-refractivity contribution in [2.24, 2.45) is 13.0 Å². The van der Waals surface area contributed by atoms with Gasteiger partial charge in [0.15, 0.2) is 5.78 Å². The highest BCUT2D eigenvalue weighted by atomic mass is 16.2. The quantitative estimate of drug-likeness (QED) is 0.456. The van der Waals surface area contributed by atoms with Crippen LogP contribution in [0.2, 0.25) is 0 Å². The van der Waals surface area contributed by atoms with Crippen LogP contribution in [0.5, 0.6) is 0 Å². The Hall–Kier alpha value is -3.21. The summed E-state index contributed by atoms with van der Waals surface area (Å²) in [6.45, 7) is 2.27. The monoisotopic (exact) mass is 414 g/mol. The van der Waals surface area contributed by atoms with Gasteiger partial charge in [0.25, 0.3) is 5.91 Å². The maximum atomic E-state index is 13.8. The van der Waals surface area contributed by atoms with Crippen LogP contribution in [-0.4, -0.2) is 33.6 Å². The number of ketones is 1. The number of aromatic nitrogens is 1. The Balaban J connectivity index is 1.67. The Kier molecular flexibility index (Phi) is 4.58. The van der Waals surface area contributed by atoms with Crippen LogP contribution in [0.1, 0.15) is 59.0 Å². The van der Waals surface area contributed by atoms with E-state index in [2.05, 4.69) is 0 Å². The maximum Gasteiger partial charge on any atom is 0.262 e. The van der Waals surface area contributed by atoms with Crippen molar-refractivity contribution >= 4 is 28.5 Å². The number of benzene rings is 2. The molecule has 1 aliphatic heterocycles. The molecule has 1 saturated carbocycles. The zero-order valence-corrected chi connectivity index (χ0v) is 17.9. The van der Waals surface area contributed by atoms with Crippen molar-refractivity contribution in [1.82, 2.24) is 9.47 Å². The van der Waals surface area contributed by atoms with Crippen LogP contribution in [-0.2, 0) is 17.3 Å². The van der Waals surface area contributed by atoms with Crippen molar-refractivity contribution in [3.63, 3.8) is 0 Å². The van der Waals surface area contributed by atoms with Gasteiger partial charge in [-0.3, -0.25) is 19.3 Å².